The van der Waals surface area contributed by atoms with E-state index in [1.54, 1.807) is 32.0 Å². The van der Waals surface area contributed by atoms with E-state index in [0.29, 0.717) is 6.42 Å². The highest BCUT2D eigenvalue weighted by atomic mass is 32.2. The van der Waals surface area contributed by atoms with Crippen LogP contribution in [0, 0.1) is 6.92 Å². The Morgan fingerprint density at radius 3 is 2.50 bits per heavy atom. The van der Waals surface area contributed by atoms with Crippen molar-refractivity contribution in [2.75, 3.05) is 6.61 Å². The molecular weight excluding hydrogens is 330 g/mol. The molecule has 0 unspecified atom stereocenters. The molecule has 0 atom stereocenters. The number of nitrogens with zero attached hydrogens (tertiary/aromatic N) is 1. The largest absolute Gasteiger partial charge is 0.461 e. The zero-order chi connectivity index (χ0) is 17.7. The van der Waals surface area contributed by atoms with Gasteiger partial charge in [-0.15, -0.1) is 0 Å². The van der Waals surface area contributed by atoms with Gasteiger partial charge in [0.15, 0.2) is 5.69 Å². The maximum atomic E-state index is 12.9. The van der Waals surface area contributed by atoms with Crippen molar-refractivity contribution < 1.29 is 22.4 Å². The second kappa shape index (κ2) is 7.44. The molecule has 2 rings (SSSR count). The standard InChI is InChI=1S/C17H19NO5S/c1-4-9-14(24(20,21)13-10-7-6-8-11-13)16-18-15(12(3)23-16)17(19)22-5-2/h6-11H,4-5H2,1-3H3/b14-9+. The highest BCUT2D eigenvalue weighted by molar-refractivity contribution is 8.00. The molecule has 0 fully saturated rings. The number of rotatable bonds is 6. The van der Waals surface area contributed by atoms with Crippen molar-refractivity contribution >= 4 is 20.7 Å². The molecule has 7 heteroatoms. The van der Waals surface area contributed by atoms with Crippen LogP contribution < -0.4 is 0 Å². The molecule has 0 saturated carbocycles. The topological polar surface area (TPSA) is 86.5 Å². The van der Waals surface area contributed by atoms with Gasteiger partial charge >= 0.3 is 5.97 Å². The lowest BCUT2D eigenvalue weighted by molar-refractivity contribution is 0.0518. The molecule has 128 valence electrons. The minimum atomic E-state index is -3.80. The average Bonchev–Trinajstić information content (AvgIpc) is 2.95. The molecule has 2 aromatic rings. The monoisotopic (exact) mass is 349 g/mol. The van der Waals surface area contributed by atoms with Gasteiger partial charge in [-0.2, -0.15) is 0 Å². The number of hydrogen-bond acceptors (Lipinski definition) is 6. The number of hydrogen-bond donors (Lipinski definition) is 0. The summed E-state index contributed by atoms with van der Waals surface area (Å²) in [5.74, 6) is -0.534. The Morgan fingerprint density at radius 1 is 1.25 bits per heavy atom. The molecular formula is C17H19NO5S. The van der Waals surface area contributed by atoms with Crippen LogP contribution in [0.2, 0.25) is 0 Å². The number of carbonyl (C=O) groups is 1. The van der Waals surface area contributed by atoms with Crippen LogP contribution >= 0.6 is 0 Å². The molecule has 6 nitrogen and oxygen atoms in total. The summed E-state index contributed by atoms with van der Waals surface area (Å²) in [6, 6.07) is 8.01. The van der Waals surface area contributed by atoms with Gasteiger partial charge in [-0.1, -0.05) is 31.2 Å². The van der Waals surface area contributed by atoms with Gasteiger partial charge in [0, 0.05) is 0 Å². The van der Waals surface area contributed by atoms with E-state index in [1.165, 1.54) is 18.2 Å². The number of allylic oxidation sites excluding steroid dienone is 1. The maximum absolute atomic E-state index is 12.9. The number of benzene rings is 1. The molecule has 1 aromatic heterocycles. The van der Waals surface area contributed by atoms with E-state index in [9.17, 15) is 13.2 Å². The van der Waals surface area contributed by atoms with Crippen molar-refractivity contribution in [2.45, 2.75) is 32.1 Å². The van der Waals surface area contributed by atoms with E-state index in [1.807, 2.05) is 6.92 Å². The second-order valence-electron chi connectivity index (χ2n) is 4.94. The molecule has 24 heavy (non-hydrogen) atoms. The molecule has 1 heterocycles. The van der Waals surface area contributed by atoms with Crippen LogP contribution in [0.15, 0.2) is 45.7 Å². The molecule has 0 aliphatic heterocycles. The summed E-state index contributed by atoms with van der Waals surface area (Å²) in [6.07, 6.45) is 1.99. The summed E-state index contributed by atoms with van der Waals surface area (Å²) >= 11 is 0. The maximum Gasteiger partial charge on any atom is 0.360 e. The molecule has 0 amide bonds. The van der Waals surface area contributed by atoms with Crippen LogP contribution in [0.5, 0.6) is 0 Å². The van der Waals surface area contributed by atoms with Crippen LogP contribution in [-0.2, 0) is 14.6 Å². The number of carbonyl (C=O) groups excluding carboxylic acids is 1. The van der Waals surface area contributed by atoms with Crippen LogP contribution in [0.1, 0.15) is 42.4 Å². The number of ether oxygens (including phenoxy) is 1. The van der Waals surface area contributed by atoms with Crippen molar-refractivity contribution in [2.24, 2.45) is 0 Å². The SMILES string of the molecule is CC/C=C(\c1nc(C(=O)OCC)c(C)o1)S(=O)(=O)c1ccccc1. The lowest BCUT2D eigenvalue weighted by atomic mass is 10.4. The average molecular weight is 349 g/mol. The Labute approximate surface area is 141 Å². The van der Waals surface area contributed by atoms with Gasteiger partial charge in [0.2, 0.25) is 15.7 Å². The minimum absolute atomic E-state index is 0.0166. The molecule has 0 bridgehead atoms. The first-order valence-electron chi connectivity index (χ1n) is 7.57. The first kappa shape index (κ1) is 17.9. The van der Waals surface area contributed by atoms with Crippen molar-refractivity contribution in [3.05, 3.63) is 53.8 Å². The van der Waals surface area contributed by atoms with Crippen LogP contribution in [0.25, 0.3) is 4.91 Å². The van der Waals surface area contributed by atoms with Gasteiger partial charge in [0.25, 0.3) is 0 Å². The smallest absolute Gasteiger partial charge is 0.360 e. The Morgan fingerprint density at radius 2 is 1.92 bits per heavy atom. The summed E-state index contributed by atoms with van der Waals surface area (Å²) in [4.78, 5) is 16.0. The first-order valence-corrected chi connectivity index (χ1v) is 9.05. The fourth-order valence-corrected chi connectivity index (χ4v) is 3.59. The molecule has 1 aromatic carbocycles. The van der Waals surface area contributed by atoms with Gasteiger partial charge in [-0.3, -0.25) is 0 Å². The second-order valence-corrected chi connectivity index (χ2v) is 6.86. The van der Waals surface area contributed by atoms with Crippen molar-refractivity contribution in [3.63, 3.8) is 0 Å². The van der Waals surface area contributed by atoms with Gasteiger partial charge < -0.3 is 9.15 Å². The van der Waals surface area contributed by atoms with E-state index < -0.39 is 15.8 Å². The molecule has 0 aliphatic carbocycles. The fourth-order valence-electron chi connectivity index (χ4n) is 2.11. The van der Waals surface area contributed by atoms with E-state index in [-0.39, 0.29) is 33.8 Å². The van der Waals surface area contributed by atoms with E-state index in [4.69, 9.17) is 9.15 Å². The summed E-state index contributed by atoms with van der Waals surface area (Å²) in [6.45, 7) is 5.22. The summed E-state index contributed by atoms with van der Waals surface area (Å²) in [5.41, 5.74) is -0.0166. The van der Waals surface area contributed by atoms with Crippen LogP contribution in [0.3, 0.4) is 0 Å². The molecule has 0 radical (unpaired) electrons. The van der Waals surface area contributed by atoms with Gasteiger partial charge in [0.05, 0.1) is 11.5 Å². The Bertz CT molecular complexity index is 850. The Kier molecular flexibility index (Phi) is 5.56. The Hall–Kier alpha value is -2.41. The third-order valence-electron chi connectivity index (χ3n) is 3.21. The quantitative estimate of drug-likeness (QED) is 0.743. The van der Waals surface area contributed by atoms with E-state index >= 15 is 0 Å². The predicted octanol–water partition coefficient (Wildman–Crippen LogP) is 3.38. The number of esters is 1. The Balaban J connectivity index is 2.52. The van der Waals surface area contributed by atoms with Gasteiger partial charge in [0.1, 0.15) is 10.7 Å². The minimum Gasteiger partial charge on any atom is -0.461 e. The van der Waals surface area contributed by atoms with Crippen LogP contribution in [0.4, 0.5) is 0 Å². The molecule has 0 saturated heterocycles. The number of aryl methyl sites for hydroxylation is 1. The lowest BCUT2D eigenvalue weighted by Gasteiger charge is -2.06. The zero-order valence-electron chi connectivity index (χ0n) is 13.8. The van der Waals surface area contributed by atoms with Crippen molar-refractivity contribution in [3.8, 4) is 0 Å². The van der Waals surface area contributed by atoms with Crippen molar-refractivity contribution in [1.82, 2.24) is 4.98 Å². The van der Waals surface area contributed by atoms with E-state index in [0.717, 1.165) is 0 Å². The lowest BCUT2D eigenvalue weighted by Crippen LogP contribution is -2.08. The van der Waals surface area contributed by atoms with Crippen LogP contribution in [-0.4, -0.2) is 26.0 Å². The number of aromatic nitrogens is 1. The normalized spacial score (nSPS) is 12.2. The van der Waals surface area contributed by atoms with Crippen molar-refractivity contribution in [1.29, 1.82) is 0 Å². The zero-order valence-corrected chi connectivity index (χ0v) is 14.6. The third kappa shape index (κ3) is 3.56. The van der Waals surface area contributed by atoms with Gasteiger partial charge in [-0.05, 0) is 32.4 Å². The fraction of sp³-hybridized carbons (Fsp3) is 0.294. The molecule has 0 N–H and O–H groups in total. The number of sulfone groups is 1. The third-order valence-corrected chi connectivity index (χ3v) is 5.02. The highest BCUT2D eigenvalue weighted by Crippen LogP contribution is 2.29. The number of oxazole rings is 1. The summed E-state index contributed by atoms with van der Waals surface area (Å²) in [5, 5.41) is 0. The first-order chi connectivity index (χ1) is 11.4. The molecule has 0 aliphatic rings. The summed E-state index contributed by atoms with van der Waals surface area (Å²) < 4.78 is 36.1. The summed E-state index contributed by atoms with van der Waals surface area (Å²) in [7, 11) is -3.80. The van der Waals surface area contributed by atoms with E-state index in [2.05, 4.69) is 4.98 Å². The van der Waals surface area contributed by atoms with Gasteiger partial charge in [-0.25, -0.2) is 18.2 Å². The molecule has 0 spiro atoms. The predicted molar refractivity (Wildman–Crippen MR) is 89.1 cm³/mol. The highest BCUT2D eigenvalue weighted by Gasteiger charge is 2.28.